The molecule has 0 heterocycles. The van der Waals surface area contributed by atoms with Crippen molar-refractivity contribution in [3.8, 4) is 0 Å². The van der Waals surface area contributed by atoms with Gasteiger partial charge in [0.25, 0.3) is 0 Å². The van der Waals surface area contributed by atoms with Gasteiger partial charge in [0, 0.05) is 0 Å². The van der Waals surface area contributed by atoms with E-state index in [0.29, 0.717) is 0 Å². The topological polar surface area (TPSA) is 38.3 Å². The average molecular weight is 265 g/mol. The summed E-state index contributed by atoms with van der Waals surface area (Å²) >= 11 is 0. The van der Waals surface area contributed by atoms with E-state index >= 15 is 0 Å². The number of rotatable bonds is 4. The molecule has 0 amide bonds. The lowest BCUT2D eigenvalue weighted by Crippen LogP contribution is -2.36. The lowest BCUT2D eigenvalue weighted by Gasteiger charge is -2.17. The molecule has 1 rings (SSSR count). The summed E-state index contributed by atoms with van der Waals surface area (Å²) < 4.78 is 53.4. The molecule has 0 aliphatic heterocycles. The first kappa shape index (κ1) is 14.4. The Morgan fingerprint density at radius 3 is 2.33 bits per heavy atom. The van der Waals surface area contributed by atoms with E-state index in [4.69, 9.17) is 0 Å². The number of esters is 1. The highest BCUT2D eigenvalue weighted by molar-refractivity contribution is 5.77. The molecule has 0 saturated heterocycles. The molecule has 0 aliphatic rings. The van der Waals surface area contributed by atoms with Crippen LogP contribution in [0.5, 0.6) is 0 Å². The summed E-state index contributed by atoms with van der Waals surface area (Å²) in [7, 11) is 1.06. The smallest absolute Gasteiger partial charge is 0.401 e. The van der Waals surface area contributed by atoms with Gasteiger partial charge in [-0.05, 0) is 17.7 Å². The number of methoxy groups -OCH3 is 1. The third kappa shape index (κ3) is 4.33. The van der Waals surface area contributed by atoms with Gasteiger partial charge in [0.2, 0.25) is 0 Å². The van der Waals surface area contributed by atoms with Crippen LogP contribution >= 0.6 is 0 Å². The van der Waals surface area contributed by atoms with Crippen molar-refractivity contribution in [1.82, 2.24) is 5.32 Å². The number of alkyl halides is 3. The van der Waals surface area contributed by atoms with Gasteiger partial charge in [0.15, 0.2) is 0 Å². The largest absolute Gasteiger partial charge is 0.468 e. The first-order valence-electron chi connectivity index (χ1n) is 4.97. The van der Waals surface area contributed by atoms with Crippen LogP contribution < -0.4 is 5.32 Å². The number of ether oxygens (including phenoxy) is 1. The zero-order valence-corrected chi connectivity index (χ0v) is 9.42. The molecular formula is C11H11F4NO2. The minimum absolute atomic E-state index is 0.201. The van der Waals surface area contributed by atoms with Gasteiger partial charge in [0.05, 0.1) is 13.7 Å². The van der Waals surface area contributed by atoms with Gasteiger partial charge in [-0.2, -0.15) is 13.2 Å². The SMILES string of the molecule is COC(=O)C(NCC(F)(F)F)c1ccc(F)cc1. The highest BCUT2D eigenvalue weighted by Crippen LogP contribution is 2.19. The van der Waals surface area contributed by atoms with E-state index in [-0.39, 0.29) is 5.56 Å². The first-order valence-corrected chi connectivity index (χ1v) is 4.97. The second-order valence-corrected chi connectivity index (χ2v) is 3.50. The zero-order chi connectivity index (χ0) is 13.8. The van der Waals surface area contributed by atoms with E-state index in [1.807, 2.05) is 5.32 Å². The normalized spacial score (nSPS) is 13.2. The predicted molar refractivity (Wildman–Crippen MR) is 55.2 cm³/mol. The Morgan fingerprint density at radius 1 is 1.33 bits per heavy atom. The van der Waals surface area contributed by atoms with Crippen LogP contribution in [0.3, 0.4) is 0 Å². The van der Waals surface area contributed by atoms with Crippen LogP contribution in [0.15, 0.2) is 24.3 Å². The maximum atomic E-state index is 12.7. The minimum Gasteiger partial charge on any atom is -0.468 e. The summed E-state index contributed by atoms with van der Waals surface area (Å²) in [6.45, 7) is -1.34. The molecule has 100 valence electrons. The van der Waals surface area contributed by atoms with Gasteiger partial charge in [-0.1, -0.05) is 12.1 Å². The molecule has 0 aromatic heterocycles. The molecule has 1 aromatic carbocycles. The average Bonchev–Trinajstić information content (AvgIpc) is 2.29. The second-order valence-electron chi connectivity index (χ2n) is 3.50. The number of halogens is 4. The molecule has 1 unspecified atom stereocenters. The molecule has 1 atom stereocenters. The third-order valence-corrected chi connectivity index (χ3v) is 2.15. The monoisotopic (exact) mass is 265 g/mol. The van der Waals surface area contributed by atoms with Gasteiger partial charge in [-0.25, -0.2) is 9.18 Å². The van der Waals surface area contributed by atoms with E-state index in [9.17, 15) is 22.4 Å². The number of hydrogen-bond acceptors (Lipinski definition) is 3. The van der Waals surface area contributed by atoms with Crippen molar-refractivity contribution in [3.05, 3.63) is 35.6 Å². The van der Waals surface area contributed by atoms with Crippen LogP contribution in [0.4, 0.5) is 17.6 Å². The highest BCUT2D eigenvalue weighted by Gasteiger charge is 2.31. The number of nitrogens with one attached hydrogen (secondary N) is 1. The van der Waals surface area contributed by atoms with Crippen molar-refractivity contribution in [3.63, 3.8) is 0 Å². The number of hydrogen-bond donors (Lipinski definition) is 1. The Hall–Kier alpha value is -1.63. The predicted octanol–water partition coefficient (Wildman–Crippen LogP) is 2.19. The Kier molecular flexibility index (Phi) is 4.66. The molecule has 0 radical (unpaired) electrons. The molecule has 0 saturated carbocycles. The second kappa shape index (κ2) is 5.81. The summed E-state index contributed by atoms with van der Waals surface area (Å²) in [5, 5.41) is 2.02. The number of benzene rings is 1. The van der Waals surface area contributed by atoms with E-state index < -0.39 is 30.5 Å². The molecule has 0 fully saturated rings. The van der Waals surface area contributed by atoms with Gasteiger partial charge in [-0.3, -0.25) is 5.32 Å². The van der Waals surface area contributed by atoms with Crippen molar-refractivity contribution >= 4 is 5.97 Å². The summed E-state index contributed by atoms with van der Waals surface area (Å²) in [4.78, 5) is 11.4. The number of carbonyl (C=O) groups excluding carboxylic acids is 1. The summed E-state index contributed by atoms with van der Waals surface area (Å²) in [6, 6.07) is 3.28. The fourth-order valence-corrected chi connectivity index (χ4v) is 1.33. The summed E-state index contributed by atoms with van der Waals surface area (Å²) in [6.07, 6.45) is -4.45. The van der Waals surface area contributed by atoms with Crippen molar-refractivity contribution in [1.29, 1.82) is 0 Å². The van der Waals surface area contributed by atoms with Crippen molar-refractivity contribution in [2.45, 2.75) is 12.2 Å². The Morgan fingerprint density at radius 2 is 1.89 bits per heavy atom. The molecule has 0 aliphatic carbocycles. The maximum Gasteiger partial charge on any atom is 0.401 e. The van der Waals surface area contributed by atoms with Gasteiger partial charge < -0.3 is 4.74 Å². The molecular weight excluding hydrogens is 254 g/mol. The fraction of sp³-hybridized carbons (Fsp3) is 0.364. The van der Waals surface area contributed by atoms with E-state index in [2.05, 4.69) is 4.74 Å². The van der Waals surface area contributed by atoms with E-state index in [1.165, 1.54) is 12.1 Å². The van der Waals surface area contributed by atoms with Crippen LogP contribution in [0.2, 0.25) is 0 Å². The molecule has 1 aromatic rings. The number of carbonyl (C=O) groups is 1. The van der Waals surface area contributed by atoms with E-state index in [0.717, 1.165) is 19.2 Å². The summed E-state index contributed by atoms with van der Waals surface area (Å²) in [5.74, 6) is -1.41. The fourth-order valence-electron chi connectivity index (χ4n) is 1.33. The molecule has 7 heteroatoms. The van der Waals surface area contributed by atoms with Crippen molar-refractivity contribution < 1.29 is 27.1 Å². The molecule has 3 nitrogen and oxygen atoms in total. The van der Waals surface area contributed by atoms with Crippen LogP contribution in [0.25, 0.3) is 0 Å². The molecule has 0 spiro atoms. The van der Waals surface area contributed by atoms with Crippen LogP contribution in [0.1, 0.15) is 11.6 Å². The maximum absolute atomic E-state index is 12.7. The molecule has 0 bridgehead atoms. The van der Waals surface area contributed by atoms with Gasteiger partial charge >= 0.3 is 12.1 Å². The third-order valence-electron chi connectivity index (χ3n) is 2.15. The molecule has 18 heavy (non-hydrogen) atoms. The van der Waals surface area contributed by atoms with Gasteiger partial charge in [0.1, 0.15) is 11.9 Å². The Balaban J connectivity index is 2.85. The zero-order valence-electron chi connectivity index (χ0n) is 9.42. The van der Waals surface area contributed by atoms with Gasteiger partial charge in [-0.15, -0.1) is 0 Å². The minimum atomic E-state index is -4.45. The first-order chi connectivity index (χ1) is 8.33. The molecule has 1 N–H and O–H groups in total. The van der Waals surface area contributed by atoms with Crippen molar-refractivity contribution in [2.24, 2.45) is 0 Å². The van der Waals surface area contributed by atoms with Crippen LogP contribution in [0, 0.1) is 5.82 Å². The van der Waals surface area contributed by atoms with Crippen LogP contribution in [-0.4, -0.2) is 25.8 Å². The van der Waals surface area contributed by atoms with E-state index in [1.54, 1.807) is 0 Å². The Labute approximate surface area is 101 Å². The standard InChI is InChI=1S/C11H11F4NO2/c1-18-10(17)9(16-6-11(13,14)15)7-2-4-8(12)5-3-7/h2-5,9,16H,6H2,1H3. The Bertz CT molecular complexity index is 402. The van der Waals surface area contributed by atoms with Crippen molar-refractivity contribution in [2.75, 3.05) is 13.7 Å². The quantitative estimate of drug-likeness (QED) is 0.670. The summed E-state index contributed by atoms with van der Waals surface area (Å²) in [5.41, 5.74) is 0.201. The lowest BCUT2D eigenvalue weighted by atomic mass is 10.1. The lowest BCUT2D eigenvalue weighted by molar-refractivity contribution is -0.146. The van der Waals surface area contributed by atoms with Crippen LogP contribution in [-0.2, 0) is 9.53 Å². The highest BCUT2D eigenvalue weighted by atomic mass is 19.4.